The Kier molecular flexibility index (Phi) is 4.99. The second-order valence-corrected chi connectivity index (χ2v) is 4.35. The third-order valence-corrected chi connectivity index (χ3v) is 2.84. The molecule has 0 atom stereocenters. The average molecular weight is 284 g/mol. The van der Waals surface area contributed by atoms with Crippen molar-refractivity contribution in [2.45, 2.75) is 6.92 Å². The van der Waals surface area contributed by atoms with Crippen LogP contribution in [0.3, 0.4) is 0 Å². The monoisotopic (exact) mass is 284 g/mol. The summed E-state index contributed by atoms with van der Waals surface area (Å²) in [6.07, 6.45) is 1.33. The van der Waals surface area contributed by atoms with Crippen LogP contribution >= 0.6 is 0 Å². The van der Waals surface area contributed by atoms with Gasteiger partial charge in [0.05, 0.1) is 13.4 Å². The van der Waals surface area contributed by atoms with E-state index in [0.29, 0.717) is 11.3 Å². The summed E-state index contributed by atoms with van der Waals surface area (Å²) >= 11 is 0. The molecule has 0 amide bonds. The summed E-state index contributed by atoms with van der Waals surface area (Å²) in [6.45, 7) is 1.87. The van der Waals surface area contributed by atoms with Gasteiger partial charge in [0, 0.05) is 0 Å². The molecule has 2 aromatic rings. The van der Waals surface area contributed by atoms with E-state index >= 15 is 0 Å². The first kappa shape index (κ1) is 14.7. The molecule has 0 saturated carbocycles. The summed E-state index contributed by atoms with van der Waals surface area (Å²) in [7, 11) is 1.47. The van der Waals surface area contributed by atoms with E-state index in [2.05, 4.69) is 0 Å². The lowest BCUT2D eigenvalue weighted by Gasteiger charge is -2.09. The molecule has 21 heavy (non-hydrogen) atoms. The molecule has 0 radical (unpaired) electrons. The predicted octanol–water partition coefficient (Wildman–Crippen LogP) is 3.52. The number of aryl methyl sites for hydroxylation is 1. The Balaban J connectivity index is 2.10. The van der Waals surface area contributed by atoms with Crippen LogP contribution in [-0.2, 0) is 14.4 Å². The van der Waals surface area contributed by atoms with E-state index in [1.54, 1.807) is 24.3 Å². The number of benzene rings is 2. The Bertz CT molecular complexity index is 632. The lowest BCUT2D eigenvalue weighted by Crippen LogP contribution is -2.11. The number of carbonyl (C=O) groups excluding carboxylic acids is 1. The number of ether oxygens (including phenoxy) is 1. The third-order valence-electron chi connectivity index (χ3n) is 2.84. The normalized spacial score (nSPS) is 10.9. The first-order valence-corrected chi connectivity index (χ1v) is 6.45. The van der Waals surface area contributed by atoms with Gasteiger partial charge < -0.3 is 4.74 Å². The molecule has 0 spiro atoms. The minimum atomic E-state index is -0.619. The number of para-hydroxylation sites is 1. The van der Waals surface area contributed by atoms with Gasteiger partial charge in [-0.25, -0.2) is 9.68 Å². The van der Waals surface area contributed by atoms with Crippen molar-refractivity contribution in [1.82, 2.24) is 0 Å². The lowest BCUT2D eigenvalue weighted by atomic mass is 10.1. The van der Waals surface area contributed by atoms with Crippen molar-refractivity contribution in [2.75, 3.05) is 7.11 Å². The molecular formula is C17H16O4. The minimum Gasteiger partial charge on any atom is -0.503 e. The van der Waals surface area contributed by atoms with E-state index in [9.17, 15) is 4.79 Å². The Morgan fingerprint density at radius 1 is 1.00 bits per heavy atom. The van der Waals surface area contributed by atoms with Gasteiger partial charge >= 0.3 is 5.97 Å². The molecule has 2 aromatic carbocycles. The van der Waals surface area contributed by atoms with Crippen LogP contribution < -0.4 is 4.89 Å². The topological polar surface area (TPSA) is 44.8 Å². The standard InChI is InChI=1S/C17H16O4/c1-13-8-6-7-11-16(13)20-21-17(18)15(12-19-2)14-9-4-3-5-10-14/h3-12H,1-2H3. The van der Waals surface area contributed by atoms with Gasteiger partial charge in [0.15, 0.2) is 5.75 Å². The molecule has 0 heterocycles. The molecule has 0 aliphatic rings. The number of hydrogen-bond acceptors (Lipinski definition) is 4. The van der Waals surface area contributed by atoms with E-state index in [4.69, 9.17) is 14.5 Å². The molecular weight excluding hydrogens is 268 g/mol. The van der Waals surface area contributed by atoms with E-state index in [-0.39, 0.29) is 5.57 Å². The minimum absolute atomic E-state index is 0.284. The van der Waals surface area contributed by atoms with Gasteiger partial charge in [0.1, 0.15) is 5.57 Å². The van der Waals surface area contributed by atoms with Crippen molar-refractivity contribution in [3.05, 3.63) is 72.0 Å². The van der Waals surface area contributed by atoms with Crippen LogP contribution in [0.4, 0.5) is 0 Å². The zero-order valence-electron chi connectivity index (χ0n) is 11.9. The largest absolute Gasteiger partial charge is 0.503 e. The van der Waals surface area contributed by atoms with Gasteiger partial charge in [-0.05, 0) is 24.1 Å². The van der Waals surface area contributed by atoms with Crippen LogP contribution in [0.5, 0.6) is 5.75 Å². The van der Waals surface area contributed by atoms with E-state index in [1.165, 1.54) is 13.4 Å². The second-order valence-electron chi connectivity index (χ2n) is 4.35. The number of methoxy groups -OCH3 is 1. The van der Waals surface area contributed by atoms with Crippen molar-refractivity contribution in [2.24, 2.45) is 0 Å². The summed E-state index contributed by atoms with van der Waals surface area (Å²) in [5, 5.41) is 0. The summed E-state index contributed by atoms with van der Waals surface area (Å²) < 4.78 is 4.94. The molecule has 4 heteroatoms. The summed E-state index contributed by atoms with van der Waals surface area (Å²) in [5.74, 6) is -0.123. The molecule has 4 nitrogen and oxygen atoms in total. The Morgan fingerprint density at radius 2 is 1.67 bits per heavy atom. The highest BCUT2D eigenvalue weighted by Gasteiger charge is 2.16. The molecule has 0 fully saturated rings. The molecule has 0 saturated heterocycles. The zero-order valence-corrected chi connectivity index (χ0v) is 11.9. The van der Waals surface area contributed by atoms with Crippen LogP contribution in [0, 0.1) is 6.92 Å². The molecule has 108 valence electrons. The number of hydrogen-bond donors (Lipinski definition) is 0. The SMILES string of the molecule is COC=C(C(=O)OOc1ccccc1C)c1ccccc1. The van der Waals surface area contributed by atoms with Crippen LogP contribution in [-0.4, -0.2) is 13.1 Å². The maximum atomic E-state index is 12.1. The quantitative estimate of drug-likeness (QED) is 0.365. The average Bonchev–Trinajstić information content (AvgIpc) is 2.52. The fourth-order valence-corrected chi connectivity index (χ4v) is 1.75. The second kappa shape index (κ2) is 7.14. The van der Waals surface area contributed by atoms with Crippen molar-refractivity contribution < 1.29 is 19.3 Å². The summed E-state index contributed by atoms with van der Waals surface area (Å²) in [4.78, 5) is 22.1. The van der Waals surface area contributed by atoms with E-state index in [1.807, 2.05) is 37.3 Å². The number of rotatable bonds is 5. The van der Waals surface area contributed by atoms with E-state index in [0.717, 1.165) is 5.56 Å². The molecule has 0 aromatic heterocycles. The van der Waals surface area contributed by atoms with Crippen LogP contribution in [0.25, 0.3) is 5.57 Å². The van der Waals surface area contributed by atoms with Crippen LogP contribution in [0.2, 0.25) is 0 Å². The first-order chi connectivity index (χ1) is 10.2. The van der Waals surface area contributed by atoms with Crippen LogP contribution in [0.1, 0.15) is 11.1 Å². The fraction of sp³-hybridized carbons (Fsp3) is 0.118. The predicted molar refractivity (Wildman–Crippen MR) is 79.3 cm³/mol. The van der Waals surface area contributed by atoms with Gasteiger partial charge in [-0.3, -0.25) is 4.89 Å². The zero-order chi connectivity index (χ0) is 15.1. The molecule has 0 N–H and O–H groups in total. The van der Waals surface area contributed by atoms with E-state index < -0.39 is 5.97 Å². The van der Waals surface area contributed by atoms with Gasteiger partial charge in [-0.15, -0.1) is 0 Å². The van der Waals surface area contributed by atoms with Crippen molar-refractivity contribution in [3.8, 4) is 5.75 Å². The summed E-state index contributed by atoms with van der Waals surface area (Å²) in [5.41, 5.74) is 1.85. The molecule has 0 unspecified atom stereocenters. The Morgan fingerprint density at radius 3 is 2.33 bits per heavy atom. The smallest absolute Gasteiger partial charge is 0.389 e. The molecule has 0 aliphatic carbocycles. The Hall–Kier alpha value is -2.75. The van der Waals surface area contributed by atoms with Gasteiger partial charge in [0.2, 0.25) is 0 Å². The number of carbonyl (C=O) groups is 1. The van der Waals surface area contributed by atoms with Gasteiger partial charge in [-0.2, -0.15) is 0 Å². The van der Waals surface area contributed by atoms with Crippen molar-refractivity contribution in [1.29, 1.82) is 0 Å². The highest BCUT2D eigenvalue weighted by molar-refractivity contribution is 6.15. The highest BCUT2D eigenvalue weighted by Crippen LogP contribution is 2.19. The maximum Gasteiger partial charge on any atom is 0.389 e. The summed E-state index contributed by atoms with van der Waals surface area (Å²) in [6, 6.07) is 16.4. The van der Waals surface area contributed by atoms with Crippen molar-refractivity contribution in [3.63, 3.8) is 0 Å². The van der Waals surface area contributed by atoms with Gasteiger partial charge in [0.25, 0.3) is 0 Å². The first-order valence-electron chi connectivity index (χ1n) is 6.45. The third kappa shape index (κ3) is 3.86. The highest BCUT2D eigenvalue weighted by atomic mass is 17.2. The van der Waals surface area contributed by atoms with Gasteiger partial charge in [-0.1, -0.05) is 48.5 Å². The molecule has 0 bridgehead atoms. The molecule has 0 aliphatic heterocycles. The fourth-order valence-electron chi connectivity index (χ4n) is 1.75. The maximum absolute atomic E-state index is 12.1. The van der Waals surface area contributed by atoms with Crippen molar-refractivity contribution >= 4 is 11.5 Å². The Labute approximate surface area is 123 Å². The lowest BCUT2D eigenvalue weighted by molar-refractivity contribution is -0.206. The van der Waals surface area contributed by atoms with Crippen LogP contribution in [0.15, 0.2) is 60.9 Å². The molecule has 2 rings (SSSR count).